The van der Waals surface area contributed by atoms with Gasteiger partial charge in [0.25, 0.3) is 0 Å². The monoisotopic (exact) mass is 488 g/mol. The molecule has 1 saturated heterocycles. The molecule has 34 heavy (non-hydrogen) atoms. The summed E-state index contributed by atoms with van der Waals surface area (Å²) in [4.78, 5) is 13.1. The number of carbonyl (C=O) groups is 1. The lowest BCUT2D eigenvalue weighted by atomic mass is 9.96. The molecule has 2 aromatic carbocycles. The van der Waals surface area contributed by atoms with E-state index in [1.165, 1.54) is 4.31 Å². The van der Waals surface area contributed by atoms with Crippen molar-refractivity contribution in [2.75, 3.05) is 27.3 Å². The number of rotatable bonds is 11. The van der Waals surface area contributed by atoms with Crippen LogP contribution in [-0.2, 0) is 21.2 Å². The molecular formula is C26H36N2O5S. The Morgan fingerprint density at radius 2 is 1.71 bits per heavy atom. The van der Waals surface area contributed by atoms with Gasteiger partial charge in [0.15, 0.2) is 0 Å². The number of ether oxygens (including phenoxy) is 2. The fourth-order valence-corrected chi connectivity index (χ4v) is 5.86. The summed E-state index contributed by atoms with van der Waals surface area (Å²) in [6.07, 6.45) is 3.19. The molecule has 8 heteroatoms. The van der Waals surface area contributed by atoms with Crippen LogP contribution in [0.4, 0.5) is 0 Å². The Kier molecular flexibility index (Phi) is 8.97. The number of amides is 1. The number of nitrogens with one attached hydrogen (secondary N) is 1. The second kappa shape index (κ2) is 11.7. The van der Waals surface area contributed by atoms with E-state index in [0.29, 0.717) is 36.7 Å². The highest BCUT2D eigenvalue weighted by atomic mass is 32.2. The zero-order chi connectivity index (χ0) is 24.7. The van der Waals surface area contributed by atoms with E-state index in [1.807, 2.05) is 24.3 Å². The molecule has 0 spiro atoms. The highest BCUT2D eigenvalue weighted by Crippen LogP contribution is 2.28. The minimum Gasteiger partial charge on any atom is -0.497 e. The van der Waals surface area contributed by atoms with Crippen LogP contribution in [0.2, 0.25) is 0 Å². The SMILES string of the molecule is COc1ccc(C(CC(C)C)NC(=O)CCc2cc(S(=O)(=O)N3CCCC3)ccc2OC)cc1. The zero-order valence-electron chi connectivity index (χ0n) is 20.5. The van der Waals surface area contributed by atoms with Crippen molar-refractivity contribution in [3.63, 3.8) is 0 Å². The molecule has 1 atom stereocenters. The first-order valence-corrected chi connectivity index (χ1v) is 13.3. The van der Waals surface area contributed by atoms with Gasteiger partial charge in [0.2, 0.25) is 15.9 Å². The third-order valence-electron chi connectivity index (χ3n) is 6.14. The Morgan fingerprint density at radius 1 is 1.03 bits per heavy atom. The smallest absolute Gasteiger partial charge is 0.243 e. The van der Waals surface area contributed by atoms with Crippen molar-refractivity contribution in [3.8, 4) is 11.5 Å². The lowest BCUT2D eigenvalue weighted by Crippen LogP contribution is -2.30. The molecule has 0 bridgehead atoms. The van der Waals surface area contributed by atoms with Gasteiger partial charge in [-0.2, -0.15) is 4.31 Å². The van der Waals surface area contributed by atoms with Crippen LogP contribution in [0.5, 0.6) is 11.5 Å². The maximum Gasteiger partial charge on any atom is 0.243 e. The Morgan fingerprint density at radius 3 is 2.29 bits per heavy atom. The quantitative estimate of drug-likeness (QED) is 0.509. The van der Waals surface area contributed by atoms with Gasteiger partial charge in [-0.05, 0) is 73.1 Å². The van der Waals surface area contributed by atoms with Crippen molar-refractivity contribution in [2.24, 2.45) is 5.92 Å². The molecule has 1 N–H and O–H groups in total. The largest absolute Gasteiger partial charge is 0.497 e. The molecular weight excluding hydrogens is 452 g/mol. The van der Waals surface area contributed by atoms with Gasteiger partial charge in [0, 0.05) is 19.5 Å². The first-order valence-electron chi connectivity index (χ1n) is 11.8. The summed E-state index contributed by atoms with van der Waals surface area (Å²) in [5.74, 6) is 1.67. The Bertz CT molecular complexity index is 1060. The van der Waals surface area contributed by atoms with E-state index >= 15 is 0 Å². The molecule has 0 radical (unpaired) electrons. The average molecular weight is 489 g/mol. The maximum atomic E-state index is 13.0. The van der Waals surface area contributed by atoms with Gasteiger partial charge in [-0.25, -0.2) is 8.42 Å². The summed E-state index contributed by atoms with van der Waals surface area (Å²) >= 11 is 0. The van der Waals surface area contributed by atoms with Gasteiger partial charge in [0.1, 0.15) is 11.5 Å². The number of nitrogens with zero attached hydrogens (tertiary/aromatic N) is 1. The van der Waals surface area contributed by atoms with Crippen LogP contribution >= 0.6 is 0 Å². The summed E-state index contributed by atoms with van der Waals surface area (Å²) in [6.45, 7) is 5.35. The van der Waals surface area contributed by atoms with E-state index < -0.39 is 10.0 Å². The number of carbonyl (C=O) groups excluding carboxylic acids is 1. The summed E-state index contributed by atoms with van der Waals surface area (Å²) in [5, 5.41) is 3.15. The molecule has 1 aliphatic heterocycles. The molecule has 0 aliphatic carbocycles. The molecule has 2 aromatic rings. The van der Waals surface area contributed by atoms with E-state index in [0.717, 1.165) is 30.6 Å². The minimum absolute atomic E-state index is 0.0867. The van der Waals surface area contributed by atoms with E-state index in [9.17, 15) is 13.2 Å². The third-order valence-corrected chi connectivity index (χ3v) is 8.03. The minimum atomic E-state index is -3.53. The molecule has 1 heterocycles. The number of aryl methyl sites for hydroxylation is 1. The molecule has 0 saturated carbocycles. The Labute approximate surface area is 203 Å². The van der Waals surface area contributed by atoms with Gasteiger partial charge < -0.3 is 14.8 Å². The number of hydrogen-bond acceptors (Lipinski definition) is 5. The van der Waals surface area contributed by atoms with E-state index in [4.69, 9.17) is 9.47 Å². The maximum absolute atomic E-state index is 13.0. The van der Waals surface area contributed by atoms with E-state index in [-0.39, 0.29) is 23.3 Å². The van der Waals surface area contributed by atoms with Gasteiger partial charge in [0.05, 0.1) is 25.2 Å². The number of benzene rings is 2. The summed E-state index contributed by atoms with van der Waals surface area (Å²) in [5.41, 5.74) is 1.74. The zero-order valence-corrected chi connectivity index (χ0v) is 21.4. The van der Waals surface area contributed by atoms with Crippen molar-refractivity contribution < 1.29 is 22.7 Å². The van der Waals surface area contributed by atoms with Crippen LogP contribution in [0, 0.1) is 5.92 Å². The first-order chi connectivity index (χ1) is 16.2. The van der Waals surface area contributed by atoms with Gasteiger partial charge in [-0.1, -0.05) is 26.0 Å². The topological polar surface area (TPSA) is 84.9 Å². The van der Waals surface area contributed by atoms with Crippen LogP contribution in [0.15, 0.2) is 47.4 Å². The van der Waals surface area contributed by atoms with E-state index in [1.54, 1.807) is 32.4 Å². The first kappa shape index (κ1) is 26.0. The molecule has 1 amide bonds. The molecule has 3 rings (SSSR count). The van der Waals surface area contributed by atoms with Crippen LogP contribution in [0.3, 0.4) is 0 Å². The number of methoxy groups -OCH3 is 2. The molecule has 186 valence electrons. The van der Waals surface area contributed by atoms with Crippen molar-refractivity contribution in [1.82, 2.24) is 9.62 Å². The highest BCUT2D eigenvalue weighted by molar-refractivity contribution is 7.89. The normalized spacial score (nSPS) is 15.3. The summed E-state index contributed by atoms with van der Waals surface area (Å²) in [6, 6.07) is 12.5. The number of sulfonamides is 1. The molecule has 1 unspecified atom stereocenters. The van der Waals surface area contributed by atoms with Gasteiger partial charge in [-0.15, -0.1) is 0 Å². The Hall–Kier alpha value is -2.58. The van der Waals surface area contributed by atoms with Crippen molar-refractivity contribution in [2.45, 2.75) is 56.9 Å². The second-order valence-electron chi connectivity index (χ2n) is 9.11. The van der Waals surface area contributed by atoms with Crippen molar-refractivity contribution in [1.29, 1.82) is 0 Å². The van der Waals surface area contributed by atoms with Gasteiger partial charge >= 0.3 is 0 Å². The average Bonchev–Trinajstić information content (AvgIpc) is 3.38. The predicted octanol–water partition coefficient (Wildman–Crippen LogP) is 4.32. The lowest BCUT2D eigenvalue weighted by Gasteiger charge is -2.22. The Balaban J connectivity index is 1.71. The molecule has 1 aliphatic rings. The fourth-order valence-electron chi connectivity index (χ4n) is 4.29. The third kappa shape index (κ3) is 6.51. The standard InChI is InChI=1S/C26H36N2O5S/c1-19(2)17-24(20-7-10-22(32-3)11-8-20)27-26(29)14-9-21-18-23(12-13-25(21)33-4)34(30,31)28-15-5-6-16-28/h7-8,10-13,18-19,24H,5-6,9,14-17H2,1-4H3,(H,27,29). The van der Waals surface area contributed by atoms with Crippen LogP contribution in [-0.4, -0.2) is 45.9 Å². The lowest BCUT2D eigenvalue weighted by molar-refractivity contribution is -0.121. The van der Waals surface area contributed by atoms with Crippen molar-refractivity contribution in [3.05, 3.63) is 53.6 Å². The fraction of sp³-hybridized carbons (Fsp3) is 0.500. The molecule has 7 nitrogen and oxygen atoms in total. The predicted molar refractivity (Wildman–Crippen MR) is 133 cm³/mol. The number of hydrogen-bond donors (Lipinski definition) is 1. The van der Waals surface area contributed by atoms with E-state index in [2.05, 4.69) is 19.2 Å². The highest BCUT2D eigenvalue weighted by Gasteiger charge is 2.28. The summed E-state index contributed by atoms with van der Waals surface area (Å²) in [7, 11) is -0.354. The second-order valence-corrected chi connectivity index (χ2v) is 11.0. The summed E-state index contributed by atoms with van der Waals surface area (Å²) < 4.78 is 38.2. The van der Waals surface area contributed by atoms with Crippen LogP contribution < -0.4 is 14.8 Å². The van der Waals surface area contributed by atoms with Crippen LogP contribution in [0.1, 0.15) is 56.7 Å². The van der Waals surface area contributed by atoms with Gasteiger partial charge in [-0.3, -0.25) is 4.79 Å². The van der Waals surface area contributed by atoms with Crippen LogP contribution in [0.25, 0.3) is 0 Å². The van der Waals surface area contributed by atoms with Crippen molar-refractivity contribution >= 4 is 15.9 Å². The molecule has 1 fully saturated rings. The molecule has 0 aromatic heterocycles.